The third kappa shape index (κ3) is 4.48. The lowest BCUT2D eigenvalue weighted by atomic mass is 9.70. The van der Waals surface area contributed by atoms with Gasteiger partial charge in [-0.3, -0.25) is 14.4 Å². The molecule has 0 radical (unpaired) electrons. The van der Waals surface area contributed by atoms with Crippen LogP contribution in [0.4, 0.5) is 0 Å². The van der Waals surface area contributed by atoms with Crippen molar-refractivity contribution in [3.63, 3.8) is 0 Å². The number of hydrogen-bond donors (Lipinski definition) is 2. The zero-order chi connectivity index (χ0) is 27.3. The maximum Gasteiger partial charge on any atom is 0.310 e. The fourth-order valence-electron chi connectivity index (χ4n) is 7.32. The van der Waals surface area contributed by atoms with E-state index in [0.717, 1.165) is 0 Å². The molecule has 2 bridgehead atoms. The van der Waals surface area contributed by atoms with Crippen molar-refractivity contribution in [1.82, 2.24) is 9.80 Å². The number of rotatable bonds is 9. The summed E-state index contributed by atoms with van der Waals surface area (Å²) in [5, 5.41) is 20.6. The highest BCUT2D eigenvalue weighted by Crippen LogP contribution is 2.60. The Bertz CT molecular complexity index is 1060. The number of carboxylic acids is 1. The van der Waals surface area contributed by atoms with Crippen LogP contribution in [-0.2, 0) is 19.1 Å². The van der Waals surface area contributed by atoms with Gasteiger partial charge in [0.2, 0.25) is 11.8 Å². The number of nitrogens with zero attached hydrogens (tertiary/aromatic N) is 2. The predicted octanol–water partition coefficient (Wildman–Crippen LogP) is 3.41. The standard InChI is InChI=1S/C29H40N2O6/c1-7-15-30(28(5,6)17-27(2,3)4)25(34)23-29-14-13-20(37-29)21(26(35)36)22(29)24(33)31(23)19(16-32)18-11-9-8-10-12-18/h7-12,19-23,32H,1,13-17H2,2-6H3,(H,35,36)/t19-,20-,21+,22+,23-,29+/m1/s1. The largest absolute Gasteiger partial charge is 0.481 e. The molecule has 0 aliphatic carbocycles. The number of carboxylic acid groups (broad SMARTS) is 1. The Labute approximate surface area is 219 Å². The smallest absolute Gasteiger partial charge is 0.310 e. The molecule has 1 aromatic carbocycles. The van der Waals surface area contributed by atoms with Crippen molar-refractivity contribution >= 4 is 17.8 Å². The molecule has 2 N–H and O–H groups in total. The van der Waals surface area contributed by atoms with Gasteiger partial charge in [0, 0.05) is 12.1 Å². The summed E-state index contributed by atoms with van der Waals surface area (Å²) in [5.41, 5.74) is -1.24. The summed E-state index contributed by atoms with van der Waals surface area (Å²) in [4.78, 5) is 44.3. The summed E-state index contributed by atoms with van der Waals surface area (Å²) in [6.07, 6.45) is 2.65. The van der Waals surface area contributed by atoms with Crippen LogP contribution in [0.25, 0.3) is 0 Å². The van der Waals surface area contributed by atoms with Gasteiger partial charge in [-0.2, -0.15) is 0 Å². The molecule has 202 valence electrons. The van der Waals surface area contributed by atoms with E-state index >= 15 is 0 Å². The summed E-state index contributed by atoms with van der Waals surface area (Å²) < 4.78 is 6.37. The van der Waals surface area contributed by atoms with Crippen molar-refractivity contribution in [3.8, 4) is 0 Å². The molecule has 4 rings (SSSR count). The van der Waals surface area contributed by atoms with E-state index in [1.54, 1.807) is 23.1 Å². The van der Waals surface area contributed by atoms with Crippen molar-refractivity contribution in [1.29, 1.82) is 0 Å². The second kappa shape index (κ2) is 9.55. The number of carbonyl (C=O) groups excluding carboxylic acids is 2. The highest BCUT2D eigenvalue weighted by Gasteiger charge is 2.75. The number of aliphatic hydroxyl groups is 1. The third-order valence-corrected chi connectivity index (χ3v) is 8.22. The first-order chi connectivity index (χ1) is 17.3. The molecule has 1 aromatic rings. The van der Waals surface area contributed by atoms with Crippen molar-refractivity contribution in [2.75, 3.05) is 13.2 Å². The fraction of sp³-hybridized carbons (Fsp3) is 0.621. The second-order valence-electron chi connectivity index (χ2n) is 12.5. The molecule has 0 aromatic heterocycles. The van der Waals surface area contributed by atoms with Gasteiger partial charge < -0.3 is 24.7 Å². The molecule has 0 saturated carbocycles. The number of carbonyl (C=O) groups is 3. The number of hydrogen-bond acceptors (Lipinski definition) is 5. The molecule has 8 nitrogen and oxygen atoms in total. The molecule has 3 fully saturated rings. The Morgan fingerprint density at radius 3 is 2.43 bits per heavy atom. The Morgan fingerprint density at radius 2 is 1.89 bits per heavy atom. The SMILES string of the molecule is C=CCN(C(=O)[C@H]1N([C@H](CO)c2ccccc2)C(=O)[C@@H]2[C@@H](C(=O)O)[C@H]3CC[C@]21O3)C(C)(C)CC(C)(C)C. The van der Waals surface area contributed by atoms with Crippen molar-refractivity contribution in [2.24, 2.45) is 17.3 Å². The van der Waals surface area contributed by atoms with Gasteiger partial charge in [-0.1, -0.05) is 57.2 Å². The first-order valence-electron chi connectivity index (χ1n) is 13.1. The van der Waals surface area contributed by atoms with E-state index in [9.17, 15) is 24.6 Å². The first kappa shape index (κ1) is 27.3. The van der Waals surface area contributed by atoms with Crippen LogP contribution in [0.3, 0.4) is 0 Å². The minimum Gasteiger partial charge on any atom is -0.481 e. The minimum absolute atomic E-state index is 0.0798. The lowest BCUT2D eigenvalue weighted by Crippen LogP contribution is -2.61. The van der Waals surface area contributed by atoms with Gasteiger partial charge in [0.05, 0.1) is 30.6 Å². The molecule has 6 atom stereocenters. The van der Waals surface area contributed by atoms with E-state index in [1.807, 2.05) is 32.0 Å². The Balaban J connectivity index is 1.86. The van der Waals surface area contributed by atoms with E-state index < -0.39 is 59.6 Å². The number of likely N-dealkylation sites (tertiary alicyclic amines) is 1. The quantitative estimate of drug-likeness (QED) is 0.491. The molecule has 3 aliphatic rings. The van der Waals surface area contributed by atoms with Crippen LogP contribution in [-0.4, -0.2) is 74.2 Å². The third-order valence-electron chi connectivity index (χ3n) is 8.22. The van der Waals surface area contributed by atoms with E-state index in [1.165, 1.54) is 4.90 Å². The van der Waals surface area contributed by atoms with Crippen LogP contribution in [0.15, 0.2) is 43.0 Å². The van der Waals surface area contributed by atoms with E-state index in [2.05, 4.69) is 27.4 Å². The van der Waals surface area contributed by atoms with Crippen molar-refractivity contribution in [2.45, 2.75) is 83.2 Å². The first-order valence-corrected chi connectivity index (χ1v) is 13.1. The lowest BCUT2D eigenvalue weighted by molar-refractivity contribution is -0.156. The Kier molecular flexibility index (Phi) is 7.05. The van der Waals surface area contributed by atoms with Crippen LogP contribution in [0.5, 0.6) is 0 Å². The molecule has 0 unspecified atom stereocenters. The normalized spacial score (nSPS) is 29.8. The Hall–Kier alpha value is -2.71. The average Bonchev–Trinajstić information content (AvgIpc) is 3.44. The number of aliphatic hydroxyl groups excluding tert-OH is 1. The number of fused-ring (bicyclic) bond motifs is 1. The van der Waals surface area contributed by atoms with Gasteiger partial charge in [0.15, 0.2) is 0 Å². The van der Waals surface area contributed by atoms with Crippen molar-refractivity contribution < 1.29 is 29.3 Å². The summed E-state index contributed by atoms with van der Waals surface area (Å²) in [5.74, 6) is -3.83. The predicted molar refractivity (Wildman–Crippen MR) is 138 cm³/mol. The molecule has 37 heavy (non-hydrogen) atoms. The molecule has 2 amide bonds. The molecule has 3 saturated heterocycles. The van der Waals surface area contributed by atoms with E-state index in [0.29, 0.717) is 24.8 Å². The van der Waals surface area contributed by atoms with Crippen LogP contribution in [0.1, 0.15) is 65.5 Å². The number of amides is 2. The lowest BCUT2D eigenvalue weighted by Gasteiger charge is -2.46. The summed E-state index contributed by atoms with van der Waals surface area (Å²) in [7, 11) is 0. The van der Waals surface area contributed by atoms with Gasteiger partial charge in [-0.15, -0.1) is 6.58 Å². The average molecular weight is 513 g/mol. The second-order valence-corrected chi connectivity index (χ2v) is 12.5. The fourth-order valence-corrected chi connectivity index (χ4v) is 7.32. The summed E-state index contributed by atoms with van der Waals surface area (Å²) >= 11 is 0. The van der Waals surface area contributed by atoms with E-state index in [4.69, 9.17) is 4.74 Å². The maximum absolute atomic E-state index is 14.7. The number of benzene rings is 1. The van der Waals surface area contributed by atoms with Gasteiger partial charge in [-0.25, -0.2) is 0 Å². The Morgan fingerprint density at radius 1 is 1.24 bits per heavy atom. The molecule has 3 heterocycles. The number of aliphatic carboxylic acids is 1. The zero-order valence-electron chi connectivity index (χ0n) is 22.5. The summed E-state index contributed by atoms with van der Waals surface area (Å²) in [6, 6.07) is 7.21. The highest BCUT2D eigenvalue weighted by molar-refractivity contribution is 5.98. The van der Waals surface area contributed by atoms with Crippen LogP contribution in [0, 0.1) is 17.3 Å². The number of ether oxygens (including phenoxy) is 1. The van der Waals surface area contributed by atoms with Gasteiger partial charge in [-0.05, 0) is 44.1 Å². The highest BCUT2D eigenvalue weighted by atomic mass is 16.5. The van der Waals surface area contributed by atoms with Gasteiger partial charge in [0.25, 0.3) is 0 Å². The van der Waals surface area contributed by atoms with Crippen LogP contribution < -0.4 is 0 Å². The van der Waals surface area contributed by atoms with Crippen LogP contribution in [0.2, 0.25) is 0 Å². The topological polar surface area (TPSA) is 107 Å². The molecular formula is C29H40N2O6. The molecule has 3 aliphatic heterocycles. The van der Waals surface area contributed by atoms with Crippen LogP contribution >= 0.6 is 0 Å². The molecule has 1 spiro atoms. The van der Waals surface area contributed by atoms with Gasteiger partial charge in [0.1, 0.15) is 11.6 Å². The van der Waals surface area contributed by atoms with Gasteiger partial charge >= 0.3 is 5.97 Å². The minimum atomic E-state index is -1.25. The molecular weight excluding hydrogens is 472 g/mol. The monoisotopic (exact) mass is 512 g/mol. The van der Waals surface area contributed by atoms with E-state index in [-0.39, 0.29) is 17.9 Å². The van der Waals surface area contributed by atoms with Crippen molar-refractivity contribution in [3.05, 3.63) is 48.6 Å². The zero-order valence-corrected chi connectivity index (χ0v) is 22.5. The summed E-state index contributed by atoms with van der Waals surface area (Å²) in [6.45, 7) is 14.1. The molecule has 8 heteroatoms. The maximum atomic E-state index is 14.7.